The van der Waals surface area contributed by atoms with Crippen LogP contribution in [-0.4, -0.2) is 60.9 Å². The molecule has 1 aliphatic rings. The zero-order valence-electron chi connectivity index (χ0n) is 13.2. The van der Waals surface area contributed by atoms with E-state index in [0.29, 0.717) is 25.7 Å². The molecule has 0 bridgehead atoms. The molecule has 0 radical (unpaired) electrons. The van der Waals surface area contributed by atoms with E-state index in [-0.39, 0.29) is 6.10 Å². The number of aliphatic hydroxyl groups excluding tert-OH is 1. The number of hydrogen-bond acceptors (Lipinski definition) is 5. The van der Waals surface area contributed by atoms with Crippen molar-refractivity contribution in [1.82, 2.24) is 10.2 Å². The zero-order valence-corrected chi connectivity index (χ0v) is 13.2. The Hall–Kier alpha value is -1.11. The van der Waals surface area contributed by atoms with Crippen molar-refractivity contribution in [3.63, 3.8) is 0 Å². The van der Waals surface area contributed by atoms with Crippen molar-refractivity contribution in [1.29, 1.82) is 0 Å². The summed E-state index contributed by atoms with van der Waals surface area (Å²) in [6.07, 6.45) is 1.84. The number of aromatic nitrogens is 2. The van der Waals surface area contributed by atoms with Crippen molar-refractivity contribution in [3.05, 3.63) is 11.8 Å². The summed E-state index contributed by atoms with van der Waals surface area (Å²) in [5.41, 5.74) is 1.10. The largest absolute Gasteiger partial charge is 0.389 e. The maximum atomic E-state index is 10.0. The highest BCUT2D eigenvalue weighted by Gasteiger charge is 2.17. The molecule has 1 fully saturated rings. The standard InChI is InChI=1S/C15H27N3O3/c1-11(2)14-7-15(17-16-14)18(3)8-12(19)9-20-10-13-5-4-6-21-13/h7,11-13,19H,4-6,8-10H2,1-3H3,(H,16,17). The molecule has 0 spiro atoms. The Morgan fingerprint density at radius 3 is 3.00 bits per heavy atom. The Morgan fingerprint density at radius 1 is 1.57 bits per heavy atom. The van der Waals surface area contributed by atoms with Gasteiger partial charge in [0.1, 0.15) is 5.82 Å². The molecular formula is C15H27N3O3. The number of anilines is 1. The molecule has 1 aromatic rings. The van der Waals surface area contributed by atoms with Gasteiger partial charge in [-0.15, -0.1) is 0 Å². The molecule has 0 aromatic carbocycles. The minimum Gasteiger partial charge on any atom is -0.389 e. The van der Waals surface area contributed by atoms with Crippen LogP contribution in [0.1, 0.15) is 38.3 Å². The molecule has 6 heteroatoms. The van der Waals surface area contributed by atoms with Gasteiger partial charge < -0.3 is 19.5 Å². The third-order valence-electron chi connectivity index (χ3n) is 3.72. The van der Waals surface area contributed by atoms with E-state index in [1.54, 1.807) is 0 Å². The van der Waals surface area contributed by atoms with Gasteiger partial charge in [0.15, 0.2) is 0 Å². The third-order valence-corrected chi connectivity index (χ3v) is 3.72. The van der Waals surface area contributed by atoms with Crippen LogP contribution in [0.5, 0.6) is 0 Å². The summed E-state index contributed by atoms with van der Waals surface area (Å²) in [6, 6.07) is 2.02. The molecule has 2 unspecified atom stereocenters. The normalized spacial score (nSPS) is 20.1. The second kappa shape index (κ2) is 7.77. The van der Waals surface area contributed by atoms with E-state index in [1.165, 1.54) is 0 Å². The SMILES string of the molecule is CC(C)c1cc(N(C)CC(O)COCC2CCCO2)n[nH]1. The Balaban J connectivity index is 1.69. The lowest BCUT2D eigenvalue weighted by Crippen LogP contribution is -2.33. The van der Waals surface area contributed by atoms with Gasteiger partial charge in [0.25, 0.3) is 0 Å². The highest BCUT2D eigenvalue weighted by atomic mass is 16.5. The number of aromatic amines is 1. The Kier molecular flexibility index (Phi) is 6.02. The van der Waals surface area contributed by atoms with Crippen molar-refractivity contribution in [3.8, 4) is 0 Å². The van der Waals surface area contributed by atoms with Gasteiger partial charge in [0.2, 0.25) is 0 Å². The molecule has 6 nitrogen and oxygen atoms in total. The summed E-state index contributed by atoms with van der Waals surface area (Å²) in [5, 5.41) is 17.3. The van der Waals surface area contributed by atoms with Crippen LogP contribution in [0, 0.1) is 0 Å². The Labute approximate surface area is 126 Å². The fourth-order valence-corrected chi connectivity index (χ4v) is 2.39. The first kappa shape index (κ1) is 16.3. The molecule has 2 heterocycles. The Morgan fingerprint density at radius 2 is 2.38 bits per heavy atom. The lowest BCUT2D eigenvalue weighted by Gasteiger charge is -2.20. The number of likely N-dealkylation sites (N-methyl/N-ethyl adjacent to an activating group) is 1. The molecule has 2 rings (SSSR count). The monoisotopic (exact) mass is 297 g/mol. The molecule has 1 saturated heterocycles. The predicted octanol–water partition coefficient (Wildman–Crippen LogP) is 1.53. The third kappa shape index (κ3) is 4.98. The maximum Gasteiger partial charge on any atom is 0.150 e. The van der Waals surface area contributed by atoms with Crippen LogP contribution in [0.15, 0.2) is 6.07 Å². The molecule has 1 aliphatic heterocycles. The average Bonchev–Trinajstić information content (AvgIpc) is 3.09. The van der Waals surface area contributed by atoms with Crippen LogP contribution in [0.3, 0.4) is 0 Å². The summed E-state index contributed by atoms with van der Waals surface area (Å²) in [7, 11) is 1.92. The van der Waals surface area contributed by atoms with Crippen LogP contribution >= 0.6 is 0 Å². The van der Waals surface area contributed by atoms with Crippen molar-refractivity contribution >= 4 is 5.82 Å². The molecular weight excluding hydrogens is 270 g/mol. The highest BCUT2D eigenvalue weighted by molar-refractivity contribution is 5.39. The molecule has 2 atom stereocenters. The minimum absolute atomic E-state index is 0.204. The van der Waals surface area contributed by atoms with Crippen molar-refractivity contribution in [2.24, 2.45) is 0 Å². The molecule has 1 aromatic heterocycles. The van der Waals surface area contributed by atoms with Gasteiger partial charge in [-0.2, -0.15) is 5.10 Å². The molecule has 0 aliphatic carbocycles. The average molecular weight is 297 g/mol. The quantitative estimate of drug-likeness (QED) is 0.761. The number of H-pyrrole nitrogens is 1. The van der Waals surface area contributed by atoms with E-state index in [4.69, 9.17) is 9.47 Å². The first-order valence-electron chi connectivity index (χ1n) is 7.70. The zero-order chi connectivity index (χ0) is 15.2. The lowest BCUT2D eigenvalue weighted by molar-refractivity contribution is -0.0148. The molecule has 0 amide bonds. The van der Waals surface area contributed by atoms with Gasteiger partial charge in [0, 0.05) is 32.0 Å². The van der Waals surface area contributed by atoms with Gasteiger partial charge in [-0.3, -0.25) is 5.10 Å². The highest BCUT2D eigenvalue weighted by Crippen LogP contribution is 2.17. The molecule has 120 valence electrons. The van der Waals surface area contributed by atoms with E-state index in [0.717, 1.165) is 31.0 Å². The maximum absolute atomic E-state index is 10.0. The van der Waals surface area contributed by atoms with Crippen LogP contribution in [-0.2, 0) is 9.47 Å². The van der Waals surface area contributed by atoms with E-state index >= 15 is 0 Å². The predicted molar refractivity (Wildman–Crippen MR) is 81.7 cm³/mol. The topological polar surface area (TPSA) is 70.6 Å². The summed E-state index contributed by atoms with van der Waals surface area (Å²) < 4.78 is 11.0. The van der Waals surface area contributed by atoms with Gasteiger partial charge in [-0.1, -0.05) is 13.8 Å². The number of nitrogens with zero attached hydrogens (tertiary/aromatic N) is 2. The summed E-state index contributed by atoms with van der Waals surface area (Å²) in [6.45, 7) is 6.45. The number of ether oxygens (including phenoxy) is 2. The fourth-order valence-electron chi connectivity index (χ4n) is 2.39. The first-order chi connectivity index (χ1) is 10.1. The summed E-state index contributed by atoms with van der Waals surface area (Å²) in [5.74, 6) is 1.26. The first-order valence-corrected chi connectivity index (χ1v) is 7.70. The smallest absolute Gasteiger partial charge is 0.150 e. The van der Waals surface area contributed by atoms with E-state index in [2.05, 4.69) is 24.0 Å². The van der Waals surface area contributed by atoms with E-state index < -0.39 is 6.10 Å². The number of nitrogens with one attached hydrogen (secondary N) is 1. The summed E-state index contributed by atoms with van der Waals surface area (Å²) >= 11 is 0. The van der Waals surface area contributed by atoms with Crippen LogP contribution in [0.25, 0.3) is 0 Å². The van der Waals surface area contributed by atoms with Crippen LogP contribution in [0.4, 0.5) is 5.82 Å². The number of hydrogen-bond donors (Lipinski definition) is 2. The van der Waals surface area contributed by atoms with E-state index in [1.807, 2.05) is 18.0 Å². The summed E-state index contributed by atoms with van der Waals surface area (Å²) in [4.78, 5) is 1.93. The Bertz CT molecular complexity index is 416. The van der Waals surface area contributed by atoms with Crippen molar-refractivity contribution < 1.29 is 14.6 Å². The van der Waals surface area contributed by atoms with Crippen molar-refractivity contribution in [2.45, 2.75) is 44.8 Å². The van der Waals surface area contributed by atoms with Gasteiger partial charge in [-0.25, -0.2) is 0 Å². The van der Waals surface area contributed by atoms with Crippen LogP contribution in [0.2, 0.25) is 0 Å². The minimum atomic E-state index is -0.532. The van der Waals surface area contributed by atoms with Crippen LogP contribution < -0.4 is 4.90 Å². The number of aliphatic hydroxyl groups is 1. The van der Waals surface area contributed by atoms with Gasteiger partial charge in [-0.05, 0) is 18.8 Å². The van der Waals surface area contributed by atoms with Gasteiger partial charge >= 0.3 is 0 Å². The van der Waals surface area contributed by atoms with Gasteiger partial charge in [0.05, 0.1) is 25.4 Å². The molecule has 21 heavy (non-hydrogen) atoms. The second-order valence-electron chi connectivity index (χ2n) is 6.04. The van der Waals surface area contributed by atoms with E-state index in [9.17, 15) is 5.11 Å². The molecule has 0 saturated carbocycles. The fraction of sp³-hybridized carbons (Fsp3) is 0.800. The molecule has 2 N–H and O–H groups in total. The second-order valence-corrected chi connectivity index (χ2v) is 6.04. The van der Waals surface area contributed by atoms with Crippen molar-refractivity contribution in [2.75, 3.05) is 38.3 Å². The lowest BCUT2D eigenvalue weighted by atomic mass is 10.1. The number of rotatable bonds is 8.